The number of hydrogen-bond acceptors (Lipinski definition) is 1. The Morgan fingerprint density at radius 2 is 2.12 bits per heavy atom. The van der Waals surface area contributed by atoms with Gasteiger partial charge in [0.1, 0.15) is 0 Å². The van der Waals surface area contributed by atoms with Gasteiger partial charge in [-0.3, -0.25) is 0 Å². The van der Waals surface area contributed by atoms with Crippen molar-refractivity contribution in [1.29, 1.82) is 0 Å². The molecule has 48 valence electrons. The van der Waals surface area contributed by atoms with Crippen molar-refractivity contribution in [2.24, 2.45) is 0 Å². The highest BCUT2D eigenvalue weighted by Crippen LogP contribution is 2.24. The first-order valence-corrected chi connectivity index (χ1v) is 4.63. The van der Waals surface area contributed by atoms with E-state index in [9.17, 15) is 0 Å². The van der Waals surface area contributed by atoms with Crippen LogP contribution < -0.4 is 0 Å². The molecular weight excluding hydrogens is 184 g/mol. The molecule has 0 aromatic heterocycles. The summed E-state index contributed by atoms with van der Waals surface area (Å²) in [7, 11) is 0. The lowest BCUT2D eigenvalue weighted by Crippen LogP contribution is -1.71. The first-order valence-electron chi connectivity index (χ1n) is 2.61. The second-order valence-corrected chi connectivity index (χ2v) is 3.75. The van der Waals surface area contributed by atoms with Crippen LogP contribution in [0.4, 0.5) is 0 Å². The van der Waals surface area contributed by atoms with E-state index in [-0.39, 0.29) is 0 Å². The summed E-state index contributed by atoms with van der Waals surface area (Å²) < 4.78 is 1.28. The van der Waals surface area contributed by atoms with E-state index in [1.54, 1.807) is 11.8 Å². The van der Waals surface area contributed by atoms with Crippen molar-refractivity contribution in [1.82, 2.24) is 0 Å². The van der Waals surface area contributed by atoms with E-state index < -0.39 is 0 Å². The highest BCUT2D eigenvalue weighted by molar-refractivity contribution is 9.14. The molecule has 0 heterocycles. The number of halogens is 1. The fourth-order valence-electron chi connectivity index (χ4n) is 0.313. The molecule has 0 unspecified atom stereocenters. The summed E-state index contributed by atoms with van der Waals surface area (Å²) in [6.45, 7) is 4.30. The molecule has 0 rings (SSSR count). The zero-order chi connectivity index (χ0) is 6.57. The van der Waals surface area contributed by atoms with Crippen molar-refractivity contribution >= 4 is 27.7 Å². The monoisotopic (exact) mass is 194 g/mol. The first kappa shape index (κ1) is 8.57. The minimum Gasteiger partial charge on any atom is -0.122 e. The van der Waals surface area contributed by atoms with Gasteiger partial charge in [0.15, 0.2) is 0 Å². The molecule has 2 heteroatoms. The van der Waals surface area contributed by atoms with Gasteiger partial charge in [0.05, 0.1) is 0 Å². The van der Waals surface area contributed by atoms with Gasteiger partial charge in [0.2, 0.25) is 0 Å². The third-order valence-corrected chi connectivity index (χ3v) is 3.40. The number of thioether (sulfide) groups is 1. The molecular formula is C6H11BrS. The Balaban J connectivity index is 3.83. The Morgan fingerprint density at radius 3 is 2.25 bits per heavy atom. The average Bonchev–Trinajstić information content (AvgIpc) is 1.84. The van der Waals surface area contributed by atoms with Crippen molar-refractivity contribution in [3.05, 3.63) is 9.39 Å². The minimum absolute atomic E-state index is 1.14. The molecule has 0 bridgehead atoms. The van der Waals surface area contributed by atoms with Gasteiger partial charge < -0.3 is 0 Å². The Bertz CT molecular complexity index is 84.7. The summed E-state index contributed by atoms with van der Waals surface area (Å²) in [4.78, 5) is 0. The van der Waals surface area contributed by atoms with Gasteiger partial charge in [-0.05, 0) is 35.5 Å². The predicted octanol–water partition coefficient (Wildman–Crippen LogP) is 3.39. The predicted molar refractivity (Wildman–Crippen MR) is 45.4 cm³/mol. The van der Waals surface area contributed by atoms with E-state index in [0.29, 0.717) is 0 Å². The van der Waals surface area contributed by atoms with Crippen LogP contribution >= 0.6 is 27.7 Å². The van der Waals surface area contributed by atoms with Crippen LogP contribution in [0.15, 0.2) is 9.39 Å². The minimum atomic E-state index is 1.14. The summed E-state index contributed by atoms with van der Waals surface area (Å²) in [5, 5.41) is 0. The van der Waals surface area contributed by atoms with Crippen LogP contribution in [0.2, 0.25) is 0 Å². The topological polar surface area (TPSA) is 0 Å². The lowest BCUT2D eigenvalue weighted by Gasteiger charge is -1.96. The van der Waals surface area contributed by atoms with E-state index >= 15 is 0 Å². The van der Waals surface area contributed by atoms with E-state index in [1.165, 1.54) is 9.39 Å². The standard InChI is InChI=1S/C6H11BrS/c1-4-5(2)6(7)8-3/h4H2,1-3H3/b6-5+. The molecule has 0 saturated carbocycles. The highest BCUT2D eigenvalue weighted by atomic mass is 79.9. The fourth-order valence-corrected chi connectivity index (χ4v) is 1.09. The van der Waals surface area contributed by atoms with E-state index in [0.717, 1.165) is 6.42 Å². The Hall–Kier alpha value is 0.570. The highest BCUT2D eigenvalue weighted by Gasteiger charge is 1.91. The third kappa shape index (κ3) is 2.78. The molecule has 0 saturated heterocycles. The zero-order valence-electron chi connectivity index (χ0n) is 5.49. The van der Waals surface area contributed by atoms with E-state index in [4.69, 9.17) is 0 Å². The maximum Gasteiger partial charge on any atom is 0.0489 e. The smallest absolute Gasteiger partial charge is 0.0489 e. The van der Waals surface area contributed by atoms with Gasteiger partial charge in [0, 0.05) is 3.81 Å². The number of allylic oxidation sites excluding steroid dienone is 1. The number of hydrogen-bond donors (Lipinski definition) is 0. The van der Waals surface area contributed by atoms with Gasteiger partial charge in [-0.1, -0.05) is 12.5 Å². The lowest BCUT2D eigenvalue weighted by molar-refractivity contribution is 1.10. The van der Waals surface area contributed by atoms with Crippen molar-refractivity contribution in [3.8, 4) is 0 Å². The molecule has 0 radical (unpaired) electrons. The lowest BCUT2D eigenvalue weighted by atomic mass is 10.3. The molecule has 0 aromatic carbocycles. The molecule has 0 amide bonds. The molecule has 0 atom stereocenters. The summed E-state index contributed by atoms with van der Waals surface area (Å²) in [6, 6.07) is 0. The second kappa shape index (κ2) is 4.45. The molecule has 0 aliphatic rings. The molecule has 0 N–H and O–H groups in total. The molecule has 0 fully saturated rings. The Kier molecular flexibility index (Phi) is 4.77. The van der Waals surface area contributed by atoms with Crippen LogP contribution in [-0.2, 0) is 0 Å². The Labute approximate surface area is 63.9 Å². The maximum absolute atomic E-state index is 3.44. The third-order valence-electron chi connectivity index (χ3n) is 1.05. The van der Waals surface area contributed by atoms with E-state index in [1.807, 2.05) is 0 Å². The molecule has 8 heavy (non-hydrogen) atoms. The summed E-state index contributed by atoms with van der Waals surface area (Å²) in [5.74, 6) is 0. The van der Waals surface area contributed by atoms with Crippen molar-refractivity contribution in [2.75, 3.05) is 6.26 Å². The van der Waals surface area contributed by atoms with Crippen LogP contribution in [0.25, 0.3) is 0 Å². The quantitative estimate of drug-likeness (QED) is 0.650. The van der Waals surface area contributed by atoms with Gasteiger partial charge >= 0.3 is 0 Å². The average molecular weight is 195 g/mol. The fraction of sp³-hybridized carbons (Fsp3) is 0.667. The molecule has 0 aliphatic carbocycles. The Morgan fingerprint density at radius 1 is 1.62 bits per heavy atom. The summed E-state index contributed by atoms with van der Waals surface area (Å²) >= 11 is 5.20. The van der Waals surface area contributed by atoms with Crippen LogP contribution in [0.1, 0.15) is 20.3 Å². The SMILES string of the molecule is CC/C(C)=C(\Br)SC. The largest absolute Gasteiger partial charge is 0.122 e. The van der Waals surface area contributed by atoms with Crippen molar-refractivity contribution in [2.45, 2.75) is 20.3 Å². The van der Waals surface area contributed by atoms with Crippen LogP contribution in [-0.4, -0.2) is 6.26 Å². The number of rotatable bonds is 2. The summed E-state index contributed by atoms with van der Waals surface area (Å²) in [6.07, 6.45) is 3.21. The van der Waals surface area contributed by atoms with Crippen molar-refractivity contribution < 1.29 is 0 Å². The molecule has 0 nitrogen and oxygen atoms in total. The van der Waals surface area contributed by atoms with Crippen LogP contribution in [0, 0.1) is 0 Å². The second-order valence-electron chi connectivity index (χ2n) is 1.61. The zero-order valence-corrected chi connectivity index (χ0v) is 7.90. The molecule has 0 aliphatic heterocycles. The van der Waals surface area contributed by atoms with Crippen LogP contribution in [0.5, 0.6) is 0 Å². The first-order chi connectivity index (χ1) is 3.72. The van der Waals surface area contributed by atoms with Gasteiger partial charge in [-0.25, -0.2) is 0 Å². The summed E-state index contributed by atoms with van der Waals surface area (Å²) in [5.41, 5.74) is 1.43. The van der Waals surface area contributed by atoms with Gasteiger partial charge in [0.25, 0.3) is 0 Å². The normalized spacial score (nSPS) is 13.5. The molecule has 0 aromatic rings. The molecule has 0 spiro atoms. The van der Waals surface area contributed by atoms with E-state index in [2.05, 4.69) is 36.0 Å². The van der Waals surface area contributed by atoms with Gasteiger partial charge in [-0.2, -0.15) is 0 Å². The van der Waals surface area contributed by atoms with Gasteiger partial charge in [-0.15, -0.1) is 11.8 Å². The van der Waals surface area contributed by atoms with Crippen LogP contribution in [0.3, 0.4) is 0 Å². The van der Waals surface area contributed by atoms with Crippen molar-refractivity contribution in [3.63, 3.8) is 0 Å². The maximum atomic E-state index is 3.44.